The van der Waals surface area contributed by atoms with Gasteiger partial charge in [0.05, 0.1) is 6.10 Å². The summed E-state index contributed by atoms with van der Waals surface area (Å²) in [4.78, 5) is 0. The van der Waals surface area contributed by atoms with Crippen LogP contribution in [0.3, 0.4) is 0 Å². The summed E-state index contributed by atoms with van der Waals surface area (Å²) < 4.78 is 1.02. The Kier molecular flexibility index (Phi) is 3.03. The topological polar surface area (TPSA) is 32.3 Å². The van der Waals surface area contributed by atoms with Gasteiger partial charge >= 0.3 is 0 Å². The van der Waals surface area contributed by atoms with E-state index in [1.54, 1.807) is 11.3 Å². The Morgan fingerprint density at radius 2 is 2.38 bits per heavy atom. The van der Waals surface area contributed by atoms with Gasteiger partial charge in [-0.25, -0.2) is 0 Å². The van der Waals surface area contributed by atoms with Gasteiger partial charge in [0.1, 0.15) is 0 Å². The molecule has 1 atom stereocenters. The predicted molar refractivity (Wildman–Crippen MR) is 58.0 cm³/mol. The molecule has 0 aliphatic heterocycles. The highest BCUT2D eigenvalue weighted by atomic mass is 79.9. The Hall–Kier alpha value is 0.100. The van der Waals surface area contributed by atoms with Gasteiger partial charge in [-0.1, -0.05) is 0 Å². The summed E-state index contributed by atoms with van der Waals surface area (Å²) in [7, 11) is 0. The molecule has 1 fully saturated rings. The number of aliphatic hydroxyl groups is 1. The maximum atomic E-state index is 9.78. The number of aliphatic hydroxyl groups excluding tert-OH is 1. The summed E-state index contributed by atoms with van der Waals surface area (Å²) in [5.41, 5.74) is 0.998. The minimum atomic E-state index is -0.374. The average molecular weight is 262 g/mol. The Bertz CT molecular complexity index is 285. The van der Waals surface area contributed by atoms with Crippen molar-refractivity contribution in [2.24, 2.45) is 0 Å². The molecule has 72 valence electrons. The van der Waals surface area contributed by atoms with E-state index in [4.69, 9.17) is 0 Å². The molecular weight excluding hydrogens is 250 g/mol. The molecule has 2 N–H and O–H groups in total. The van der Waals surface area contributed by atoms with Crippen molar-refractivity contribution in [3.63, 3.8) is 0 Å². The van der Waals surface area contributed by atoms with Gasteiger partial charge in [-0.3, -0.25) is 0 Å². The van der Waals surface area contributed by atoms with Crippen molar-refractivity contribution < 1.29 is 5.11 Å². The van der Waals surface area contributed by atoms with Crippen LogP contribution in [0.15, 0.2) is 15.2 Å². The number of nitrogens with one attached hydrogen (secondary N) is 1. The van der Waals surface area contributed by atoms with E-state index < -0.39 is 0 Å². The maximum absolute atomic E-state index is 9.78. The highest BCUT2D eigenvalue weighted by Gasteiger charge is 2.22. The molecule has 1 heterocycles. The molecule has 0 bridgehead atoms. The standard InChI is InChI=1S/C9H12BrNOS/c10-8-5-13-4-7(8)9(12)3-11-6-1-2-6/h4-6,9,11-12H,1-3H2. The summed E-state index contributed by atoms with van der Waals surface area (Å²) >= 11 is 5.02. The van der Waals surface area contributed by atoms with Crippen LogP contribution in [0.2, 0.25) is 0 Å². The van der Waals surface area contributed by atoms with Crippen molar-refractivity contribution in [3.8, 4) is 0 Å². The Labute approximate surface area is 90.1 Å². The summed E-state index contributed by atoms with van der Waals surface area (Å²) in [6.07, 6.45) is 2.15. The van der Waals surface area contributed by atoms with Crippen LogP contribution in [0.4, 0.5) is 0 Å². The molecule has 0 spiro atoms. The Morgan fingerprint density at radius 3 is 2.92 bits per heavy atom. The maximum Gasteiger partial charge on any atom is 0.0933 e. The first-order valence-electron chi connectivity index (χ1n) is 4.40. The van der Waals surface area contributed by atoms with E-state index in [0.717, 1.165) is 10.0 Å². The molecule has 1 aromatic heterocycles. The number of hydrogen-bond donors (Lipinski definition) is 2. The average Bonchev–Trinajstić information content (AvgIpc) is 2.84. The molecule has 1 saturated carbocycles. The zero-order chi connectivity index (χ0) is 9.26. The van der Waals surface area contributed by atoms with Crippen molar-refractivity contribution in [2.75, 3.05) is 6.54 Å². The second kappa shape index (κ2) is 4.09. The zero-order valence-corrected chi connectivity index (χ0v) is 9.57. The smallest absolute Gasteiger partial charge is 0.0933 e. The van der Waals surface area contributed by atoms with Crippen LogP contribution in [0.1, 0.15) is 24.5 Å². The summed E-state index contributed by atoms with van der Waals surface area (Å²) in [6, 6.07) is 0.659. The molecule has 2 rings (SSSR count). The van der Waals surface area contributed by atoms with Gasteiger partial charge in [0, 0.05) is 28.0 Å². The van der Waals surface area contributed by atoms with Crippen molar-refractivity contribution in [2.45, 2.75) is 25.0 Å². The van der Waals surface area contributed by atoms with Crippen molar-refractivity contribution >= 4 is 27.3 Å². The highest BCUT2D eigenvalue weighted by molar-refractivity contribution is 9.10. The van der Waals surface area contributed by atoms with Crippen LogP contribution in [-0.4, -0.2) is 17.7 Å². The molecule has 0 saturated heterocycles. The summed E-state index contributed by atoms with van der Waals surface area (Å²) in [5, 5.41) is 17.1. The van der Waals surface area contributed by atoms with E-state index in [1.807, 2.05) is 10.8 Å². The Balaban J connectivity index is 1.88. The number of rotatable bonds is 4. The predicted octanol–water partition coefficient (Wildman–Crippen LogP) is 2.30. The third-order valence-electron chi connectivity index (χ3n) is 2.18. The van der Waals surface area contributed by atoms with Crippen molar-refractivity contribution in [3.05, 3.63) is 20.8 Å². The molecule has 0 amide bonds. The van der Waals surface area contributed by atoms with Crippen molar-refractivity contribution in [1.82, 2.24) is 5.32 Å². The van der Waals surface area contributed by atoms with Crippen LogP contribution in [0.5, 0.6) is 0 Å². The minimum absolute atomic E-state index is 0.374. The van der Waals surface area contributed by atoms with Gasteiger partial charge < -0.3 is 10.4 Å². The lowest BCUT2D eigenvalue weighted by Crippen LogP contribution is -2.23. The summed E-state index contributed by atoms with van der Waals surface area (Å²) in [6.45, 7) is 0.667. The first-order chi connectivity index (χ1) is 6.27. The van der Waals surface area contributed by atoms with Crippen LogP contribution in [0.25, 0.3) is 0 Å². The normalized spacial score (nSPS) is 18.9. The molecule has 13 heavy (non-hydrogen) atoms. The molecule has 1 unspecified atom stereocenters. The second-order valence-corrected chi connectivity index (χ2v) is 4.97. The summed E-state index contributed by atoms with van der Waals surface area (Å²) in [5.74, 6) is 0. The first-order valence-corrected chi connectivity index (χ1v) is 6.14. The van der Waals surface area contributed by atoms with E-state index in [-0.39, 0.29) is 6.10 Å². The van der Waals surface area contributed by atoms with Crippen molar-refractivity contribution in [1.29, 1.82) is 0 Å². The molecule has 4 heteroatoms. The molecular formula is C9H12BrNOS. The zero-order valence-electron chi connectivity index (χ0n) is 7.16. The minimum Gasteiger partial charge on any atom is -0.387 e. The third-order valence-corrected chi connectivity index (χ3v) is 3.93. The van der Waals surface area contributed by atoms with Gasteiger partial charge in [0.25, 0.3) is 0 Å². The molecule has 0 aromatic carbocycles. The SMILES string of the molecule is OC(CNC1CC1)c1cscc1Br. The van der Waals surface area contributed by atoms with Crippen LogP contribution in [-0.2, 0) is 0 Å². The molecule has 1 aromatic rings. The van der Waals surface area contributed by atoms with Crippen LogP contribution < -0.4 is 5.32 Å². The van der Waals surface area contributed by atoms with E-state index in [2.05, 4.69) is 21.2 Å². The fourth-order valence-corrected chi connectivity index (χ4v) is 2.81. The fourth-order valence-electron chi connectivity index (χ4n) is 1.20. The molecule has 1 aliphatic carbocycles. The highest BCUT2D eigenvalue weighted by Crippen LogP contribution is 2.27. The fraction of sp³-hybridized carbons (Fsp3) is 0.556. The molecule has 0 radical (unpaired) electrons. The Morgan fingerprint density at radius 1 is 1.62 bits per heavy atom. The quantitative estimate of drug-likeness (QED) is 0.872. The van der Waals surface area contributed by atoms with Crippen LogP contribution >= 0.6 is 27.3 Å². The lowest BCUT2D eigenvalue weighted by atomic mass is 10.2. The van der Waals surface area contributed by atoms with E-state index in [9.17, 15) is 5.11 Å². The van der Waals surface area contributed by atoms with E-state index in [0.29, 0.717) is 12.6 Å². The number of hydrogen-bond acceptors (Lipinski definition) is 3. The lowest BCUT2D eigenvalue weighted by molar-refractivity contribution is 0.174. The number of thiophene rings is 1. The van der Waals surface area contributed by atoms with Gasteiger partial charge in [-0.05, 0) is 34.2 Å². The first kappa shape index (κ1) is 9.65. The van der Waals surface area contributed by atoms with E-state index in [1.165, 1.54) is 12.8 Å². The number of halogens is 1. The van der Waals surface area contributed by atoms with Gasteiger partial charge in [0.15, 0.2) is 0 Å². The van der Waals surface area contributed by atoms with Gasteiger partial charge in [0.2, 0.25) is 0 Å². The third kappa shape index (κ3) is 2.53. The van der Waals surface area contributed by atoms with Gasteiger partial charge in [-0.15, -0.1) is 0 Å². The largest absolute Gasteiger partial charge is 0.387 e. The second-order valence-electron chi connectivity index (χ2n) is 3.37. The van der Waals surface area contributed by atoms with Crippen LogP contribution in [0, 0.1) is 0 Å². The molecule has 2 nitrogen and oxygen atoms in total. The van der Waals surface area contributed by atoms with Gasteiger partial charge in [-0.2, -0.15) is 11.3 Å². The monoisotopic (exact) mass is 261 g/mol. The molecule has 1 aliphatic rings. The van der Waals surface area contributed by atoms with E-state index >= 15 is 0 Å². The lowest BCUT2D eigenvalue weighted by Gasteiger charge is -2.10.